The summed E-state index contributed by atoms with van der Waals surface area (Å²) in [5.41, 5.74) is 8.64. The summed E-state index contributed by atoms with van der Waals surface area (Å²) >= 11 is 0. The van der Waals surface area contributed by atoms with Gasteiger partial charge in [0.2, 0.25) is 0 Å². The van der Waals surface area contributed by atoms with Crippen LogP contribution in [0.25, 0.3) is 22.3 Å². The summed E-state index contributed by atoms with van der Waals surface area (Å²) in [5, 5.41) is 11.6. The number of aromatic nitrogens is 5. The molecule has 0 bridgehead atoms. The maximum atomic E-state index is 13.1. The summed E-state index contributed by atoms with van der Waals surface area (Å²) in [7, 11) is 0. The molecule has 4 aromatic rings. The van der Waals surface area contributed by atoms with Gasteiger partial charge in [-0.05, 0) is 43.7 Å². The minimum Gasteiger partial charge on any atom is -0.383 e. The van der Waals surface area contributed by atoms with Gasteiger partial charge in [-0.25, -0.2) is 24.0 Å². The van der Waals surface area contributed by atoms with Gasteiger partial charge in [-0.1, -0.05) is 12.1 Å². The number of carbonyl (C=O) groups excluding carboxylic acids is 1. The third-order valence-electron chi connectivity index (χ3n) is 5.50. The molecule has 4 N–H and O–H groups in total. The maximum Gasteiger partial charge on any atom is 0.256 e. The number of nitrogens with one attached hydrogen (secondary N) is 2. The molecule has 10 heteroatoms. The summed E-state index contributed by atoms with van der Waals surface area (Å²) in [6.45, 7) is 1.78. The molecule has 1 fully saturated rings. The van der Waals surface area contributed by atoms with Crippen molar-refractivity contribution in [1.82, 2.24) is 30.0 Å². The Morgan fingerprint density at radius 3 is 2.91 bits per heavy atom. The van der Waals surface area contributed by atoms with Gasteiger partial charge < -0.3 is 16.4 Å². The molecule has 3 aromatic heterocycles. The average molecular weight is 432 g/mol. The van der Waals surface area contributed by atoms with E-state index in [1.807, 2.05) is 10.7 Å². The van der Waals surface area contributed by atoms with Gasteiger partial charge in [0, 0.05) is 17.7 Å². The van der Waals surface area contributed by atoms with E-state index < -0.39 is 5.82 Å². The zero-order valence-corrected chi connectivity index (χ0v) is 17.1. The van der Waals surface area contributed by atoms with Crippen LogP contribution in [0.4, 0.5) is 16.0 Å². The fraction of sp³-hybridized carbons (Fsp3) is 0.227. The van der Waals surface area contributed by atoms with Crippen LogP contribution in [0.2, 0.25) is 0 Å². The second-order valence-electron chi connectivity index (χ2n) is 7.65. The predicted molar refractivity (Wildman–Crippen MR) is 118 cm³/mol. The van der Waals surface area contributed by atoms with Crippen molar-refractivity contribution < 1.29 is 9.18 Å². The van der Waals surface area contributed by atoms with Gasteiger partial charge in [0.05, 0.1) is 17.6 Å². The number of rotatable bonds is 4. The number of nitrogens with zero attached hydrogens (tertiary/aromatic N) is 5. The molecule has 9 nitrogen and oxygen atoms in total. The number of hydrogen-bond acceptors (Lipinski definition) is 7. The van der Waals surface area contributed by atoms with Crippen LogP contribution < -0.4 is 16.4 Å². The molecule has 0 spiro atoms. The maximum absolute atomic E-state index is 13.1. The van der Waals surface area contributed by atoms with Gasteiger partial charge in [0.1, 0.15) is 29.5 Å². The highest BCUT2D eigenvalue weighted by Gasteiger charge is 2.24. The van der Waals surface area contributed by atoms with Gasteiger partial charge in [-0.15, -0.1) is 0 Å². The lowest BCUT2D eigenvalue weighted by Crippen LogP contribution is -2.32. The van der Waals surface area contributed by atoms with Crippen molar-refractivity contribution in [3.63, 3.8) is 0 Å². The number of halogens is 1. The fourth-order valence-electron chi connectivity index (χ4n) is 3.94. The van der Waals surface area contributed by atoms with E-state index in [9.17, 15) is 9.18 Å². The van der Waals surface area contributed by atoms with Crippen LogP contribution >= 0.6 is 0 Å². The smallest absolute Gasteiger partial charge is 0.256 e. The number of hydrogen-bond donors (Lipinski definition) is 3. The Bertz CT molecular complexity index is 1280. The number of fused-ring (bicyclic) bond motifs is 1. The lowest BCUT2D eigenvalue weighted by atomic mass is 10.1. The first kappa shape index (κ1) is 20.0. The van der Waals surface area contributed by atoms with Crippen LogP contribution in [0.1, 0.15) is 29.2 Å². The number of piperidine rings is 1. The molecular weight excluding hydrogens is 411 g/mol. The van der Waals surface area contributed by atoms with E-state index in [-0.39, 0.29) is 17.8 Å². The molecule has 1 aliphatic rings. The van der Waals surface area contributed by atoms with Crippen molar-refractivity contribution in [3.05, 3.63) is 60.3 Å². The van der Waals surface area contributed by atoms with Crippen LogP contribution in [0.15, 0.2) is 48.9 Å². The van der Waals surface area contributed by atoms with Crippen LogP contribution in [0.3, 0.4) is 0 Å². The van der Waals surface area contributed by atoms with E-state index in [1.54, 1.807) is 18.2 Å². The van der Waals surface area contributed by atoms with Gasteiger partial charge in [-0.3, -0.25) is 4.79 Å². The Kier molecular flexibility index (Phi) is 5.20. The molecule has 1 saturated heterocycles. The number of anilines is 2. The monoisotopic (exact) mass is 432 g/mol. The van der Waals surface area contributed by atoms with Gasteiger partial charge >= 0.3 is 0 Å². The van der Waals surface area contributed by atoms with Gasteiger partial charge in [0.15, 0.2) is 5.65 Å². The van der Waals surface area contributed by atoms with Gasteiger partial charge in [0.25, 0.3) is 5.91 Å². The largest absolute Gasteiger partial charge is 0.383 e. The molecular formula is C22H21FN8O. The zero-order chi connectivity index (χ0) is 22.1. The molecule has 1 aromatic carbocycles. The van der Waals surface area contributed by atoms with Gasteiger partial charge in [-0.2, -0.15) is 5.10 Å². The highest BCUT2D eigenvalue weighted by Crippen LogP contribution is 2.33. The number of benzene rings is 1. The quantitative estimate of drug-likeness (QED) is 0.453. The summed E-state index contributed by atoms with van der Waals surface area (Å²) in [5.74, 6) is -0.236. The van der Waals surface area contributed by atoms with Crippen LogP contribution in [0.5, 0.6) is 0 Å². The molecule has 162 valence electrons. The second-order valence-corrected chi connectivity index (χ2v) is 7.65. The molecule has 0 radical (unpaired) electrons. The molecule has 0 unspecified atom stereocenters. The highest BCUT2D eigenvalue weighted by molar-refractivity contribution is 6.05. The summed E-state index contributed by atoms with van der Waals surface area (Å²) < 4.78 is 15.0. The lowest BCUT2D eigenvalue weighted by Gasteiger charge is -2.23. The number of pyridine rings is 1. The molecule has 4 heterocycles. The topological polar surface area (TPSA) is 124 Å². The Morgan fingerprint density at radius 2 is 2.12 bits per heavy atom. The van der Waals surface area contributed by atoms with Crippen molar-refractivity contribution >= 4 is 28.6 Å². The predicted octanol–water partition coefficient (Wildman–Crippen LogP) is 2.79. The fourth-order valence-corrected chi connectivity index (χ4v) is 3.94. The first-order chi connectivity index (χ1) is 15.6. The Hall–Kier alpha value is -3.92. The Balaban J connectivity index is 1.53. The van der Waals surface area contributed by atoms with Crippen molar-refractivity contribution in [3.8, 4) is 11.3 Å². The van der Waals surface area contributed by atoms with Crippen molar-refractivity contribution in [2.24, 2.45) is 0 Å². The van der Waals surface area contributed by atoms with E-state index in [1.165, 1.54) is 18.5 Å². The minimum absolute atomic E-state index is 0.158. The molecule has 1 aliphatic heterocycles. The van der Waals surface area contributed by atoms with Crippen LogP contribution in [0, 0.1) is 5.82 Å². The highest BCUT2D eigenvalue weighted by atomic mass is 19.1. The third kappa shape index (κ3) is 3.76. The Labute approximate surface area is 182 Å². The molecule has 0 aliphatic carbocycles. The number of nitrogen functional groups attached to an aromatic ring is 1. The van der Waals surface area contributed by atoms with E-state index in [0.717, 1.165) is 37.7 Å². The van der Waals surface area contributed by atoms with E-state index >= 15 is 0 Å². The lowest BCUT2D eigenvalue weighted by molar-refractivity contribution is 0.102. The zero-order valence-electron chi connectivity index (χ0n) is 17.1. The summed E-state index contributed by atoms with van der Waals surface area (Å²) in [4.78, 5) is 25.2. The minimum atomic E-state index is -0.472. The van der Waals surface area contributed by atoms with Crippen LogP contribution in [-0.4, -0.2) is 43.7 Å². The van der Waals surface area contributed by atoms with E-state index in [4.69, 9.17) is 10.8 Å². The van der Waals surface area contributed by atoms with Crippen LogP contribution in [-0.2, 0) is 0 Å². The SMILES string of the molecule is Nc1ncnc2c1c(-c1cccc(C(=O)Nc3ccc(F)cn3)c1)nn2[C@@H]1CCCNC1. The van der Waals surface area contributed by atoms with Crippen molar-refractivity contribution in [2.75, 3.05) is 24.1 Å². The first-order valence-corrected chi connectivity index (χ1v) is 10.3. The summed E-state index contributed by atoms with van der Waals surface area (Å²) in [6, 6.07) is 9.86. The van der Waals surface area contributed by atoms with Crippen molar-refractivity contribution in [1.29, 1.82) is 0 Å². The van der Waals surface area contributed by atoms with Crippen molar-refractivity contribution in [2.45, 2.75) is 18.9 Å². The third-order valence-corrected chi connectivity index (χ3v) is 5.50. The number of carbonyl (C=O) groups is 1. The van der Waals surface area contributed by atoms with E-state index in [2.05, 4.69) is 25.6 Å². The molecule has 32 heavy (non-hydrogen) atoms. The number of amides is 1. The average Bonchev–Trinajstić information content (AvgIpc) is 3.22. The normalized spacial score (nSPS) is 16.2. The second kappa shape index (κ2) is 8.31. The number of nitrogens with two attached hydrogens (primary N) is 1. The molecule has 1 amide bonds. The molecule has 1 atom stereocenters. The first-order valence-electron chi connectivity index (χ1n) is 10.3. The summed E-state index contributed by atoms with van der Waals surface area (Å²) in [6.07, 6.45) is 4.53. The molecule has 5 rings (SSSR count). The Morgan fingerprint density at radius 1 is 1.22 bits per heavy atom. The standard InChI is InChI=1S/C22H21FN8O/c23-15-6-7-17(26-10-15)29-22(32)14-4-1-3-13(9-14)19-18-20(24)27-12-28-21(18)31(30-19)16-5-2-8-25-11-16/h1,3-4,6-7,9-10,12,16,25H,2,5,8,11H2,(H2,24,27,28)(H,26,29,32)/t16-/m1/s1. The molecule has 0 saturated carbocycles. The van der Waals surface area contributed by atoms with E-state index in [0.29, 0.717) is 28.1 Å².